The van der Waals surface area contributed by atoms with Crippen molar-refractivity contribution in [3.8, 4) is 0 Å². The zero-order valence-electron chi connectivity index (χ0n) is 15.4. The fourth-order valence-corrected chi connectivity index (χ4v) is 3.75. The van der Waals surface area contributed by atoms with Gasteiger partial charge in [0.05, 0.1) is 31.1 Å². The molecule has 2 N–H and O–H groups in total. The number of carbonyl (C=O) groups is 2. The van der Waals surface area contributed by atoms with Gasteiger partial charge in [0, 0.05) is 31.8 Å². The molecule has 0 radical (unpaired) electrons. The molecule has 1 atom stereocenters. The molecule has 2 aliphatic rings. The molecular weight excluding hydrogens is 451 g/mol. The first-order valence-corrected chi connectivity index (χ1v) is 9.68. The predicted molar refractivity (Wildman–Crippen MR) is 101 cm³/mol. The highest BCUT2D eigenvalue weighted by atomic mass is 79.9. The third kappa shape index (κ3) is 3.58. The number of hydroxylamine groups is 2. The molecule has 4 heterocycles. The van der Waals surface area contributed by atoms with Crippen LogP contribution < -0.4 is 5.32 Å². The van der Waals surface area contributed by atoms with E-state index < -0.39 is 23.9 Å². The van der Waals surface area contributed by atoms with E-state index in [1.807, 2.05) is 0 Å². The first-order chi connectivity index (χ1) is 13.9. The van der Waals surface area contributed by atoms with Gasteiger partial charge in [-0.05, 0) is 22.0 Å². The molecular formula is C17H18BrFN6O4. The highest BCUT2D eigenvalue weighted by Crippen LogP contribution is 2.27. The molecule has 0 saturated carbocycles. The van der Waals surface area contributed by atoms with E-state index in [0.29, 0.717) is 24.2 Å². The maximum atomic E-state index is 14.1. The minimum atomic E-state index is -0.665. The lowest BCUT2D eigenvalue weighted by Crippen LogP contribution is -2.40. The van der Waals surface area contributed by atoms with Crippen LogP contribution in [0, 0.1) is 5.82 Å². The number of aliphatic hydroxyl groups is 1. The number of anilines is 1. The number of rotatable bonds is 2. The maximum Gasteiger partial charge on any atom is 0.322 e. The predicted octanol–water partition coefficient (Wildman–Crippen LogP) is 1.15. The van der Waals surface area contributed by atoms with Crippen LogP contribution in [0.1, 0.15) is 21.7 Å². The molecule has 0 spiro atoms. The Morgan fingerprint density at radius 2 is 2.31 bits per heavy atom. The molecule has 3 amide bonds. The van der Waals surface area contributed by atoms with Crippen LogP contribution in [0.15, 0.2) is 16.9 Å². The Balaban J connectivity index is 1.59. The van der Waals surface area contributed by atoms with Gasteiger partial charge in [-0.15, -0.1) is 0 Å². The van der Waals surface area contributed by atoms with Crippen molar-refractivity contribution in [2.75, 3.05) is 25.5 Å². The van der Waals surface area contributed by atoms with E-state index in [9.17, 15) is 19.1 Å². The molecule has 0 unspecified atom stereocenters. The van der Waals surface area contributed by atoms with Gasteiger partial charge < -0.3 is 15.3 Å². The third-order valence-corrected chi connectivity index (χ3v) is 5.41. The fraction of sp³-hybridized carbons (Fsp3) is 0.412. The van der Waals surface area contributed by atoms with Crippen LogP contribution in [-0.2, 0) is 24.3 Å². The standard InChI is InChI=1S/C17H18BrFN6O4/c1-23-16(27)14-10-7-24(17(28)21-12-2-4-20-15(18)13(12)19)5-3-11(10)22-25(14)6-9(8-26)29-23/h2,4,9,26H,3,5-8H2,1H3,(H,20,21,28)/t9-/m0/s1. The third-order valence-electron chi connectivity index (χ3n) is 4.85. The molecule has 29 heavy (non-hydrogen) atoms. The van der Waals surface area contributed by atoms with Crippen LogP contribution in [-0.4, -0.2) is 68.1 Å². The number of pyridine rings is 1. The van der Waals surface area contributed by atoms with Gasteiger partial charge in [-0.3, -0.25) is 14.3 Å². The second-order valence-electron chi connectivity index (χ2n) is 6.73. The summed E-state index contributed by atoms with van der Waals surface area (Å²) >= 11 is 2.99. The zero-order chi connectivity index (χ0) is 20.7. The molecule has 4 rings (SSSR count). The SMILES string of the molecule is CN1O[C@H](CO)Cn2nc3c(c2C1=O)CN(C(=O)Nc1ccnc(Br)c1F)CC3. The maximum absolute atomic E-state index is 14.1. The van der Waals surface area contributed by atoms with Crippen molar-refractivity contribution in [2.24, 2.45) is 0 Å². The molecule has 12 heteroatoms. The van der Waals surface area contributed by atoms with Crippen molar-refractivity contribution in [2.45, 2.75) is 25.6 Å². The number of aromatic nitrogens is 3. The van der Waals surface area contributed by atoms with E-state index in [-0.39, 0.29) is 30.0 Å². The van der Waals surface area contributed by atoms with Gasteiger partial charge in [-0.2, -0.15) is 5.10 Å². The first-order valence-electron chi connectivity index (χ1n) is 8.89. The van der Waals surface area contributed by atoms with Crippen LogP contribution in [0.25, 0.3) is 0 Å². The lowest BCUT2D eigenvalue weighted by atomic mass is 10.1. The molecule has 154 valence electrons. The average Bonchev–Trinajstić information content (AvgIpc) is 3.01. The summed E-state index contributed by atoms with van der Waals surface area (Å²) in [6.45, 7) is 0.474. The monoisotopic (exact) mass is 468 g/mol. The van der Waals surface area contributed by atoms with E-state index in [1.165, 1.54) is 28.9 Å². The Labute approximate surface area is 173 Å². The summed E-state index contributed by atoms with van der Waals surface area (Å²) in [4.78, 5) is 36.1. The normalized spacial score (nSPS) is 18.9. The van der Waals surface area contributed by atoms with E-state index >= 15 is 0 Å². The number of urea groups is 1. The van der Waals surface area contributed by atoms with E-state index in [1.54, 1.807) is 0 Å². The van der Waals surface area contributed by atoms with Crippen molar-refractivity contribution in [3.05, 3.63) is 39.6 Å². The number of nitrogens with one attached hydrogen (secondary N) is 1. The Bertz CT molecular complexity index is 983. The van der Waals surface area contributed by atoms with E-state index in [2.05, 4.69) is 31.3 Å². The van der Waals surface area contributed by atoms with Crippen LogP contribution in [0.4, 0.5) is 14.9 Å². The molecule has 10 nitrogen and oxygen atoms in total. The van der Waals surface area contributed by atoms with E-state index in [4.69, 9.17) is 4.84 Å². The number of hydrogen-bond acceptors (Lipinski definition) is 6. The molecule has 2 aromatic rings. The van der Waals surface area contributed by atoms with Crippen molar-refractivity contribution in [1.29, 1.82) is 0 Å². The van der Waals surface area contributed by atoms with Crippen molar-refractivity contribution in [1.82, 2.24) is 24.7 Å². The number of halogens is 2. The highest BCUT2D eigenvalue weighted by Gasteiger charge is 2.35. The van der Waals surface area contributed by atoms with Gasteiger partial charge in [0.15, 0.2) is 5.82 Å². The Kier molecular flexibility index (Phi) is 5.23. The van der Waals surface area contributed by atoms with Crippen LogP contribution in [0.3, 0.4) is 0 Å². The van der Waals surface area contributed by atoms with Gasteiger partial charge >= 0.3 is 6.03 Å². The zero-order valence-corrected chi connectivity index (χ0v) is 17.0. The lowest BCUT2D eigenvalue weighted by Gasteiger charge is -2.27. The quantitative estimate of drug-likeness (QED) is 0.639. The fourth-order valence-electron chi connectivity index (χ4n) is 3.42. The Hall–Kier alpha value is -2.57. The summed E-state index contributed by atoms with van der Waals surface area (Å²) in [6, 6.07) is 0.871. The average molecular weight is 469 g/mol. The van der Waals surface area contributed by atoms with Crippen LogP contribution in [0.2, 0.25) is 0 Å². The molecule has 0 aliphatic carbocycles. The Morgan fingerprint density at radius 3 is 3.07 bits per heavy atom. The molecule has 0 aromatic carbocycles. The van der Waals surface area contributed by atoms with Gasteiger partial charge in [0.1, 0.15) is 16.4 Å². The van der Waals surface area contributed by atoms with Gasteiger partial charge in [-0.1, -0.05) is 0 Å². The minimum Gasteiger partial charge on any atom is -0.393 e. The summed E-state index contributed by atoms with van der Waals surface area (Å²) in [5.41, 5.74) is 1.68. The van der Waals surface area contributed by atoms with Crippen molar-refractivity contribution >= 4 is 33.6 Å². The highest BCUT2D eigenvalue weighted by molar-refractivity contribution is 9.10. The number of aliphatic hydroxyl groups excluding tert-OH is 1. The summed E-state index contributed by atoms with van der Waals surface area (Å²) < 4.78 is 15.6. The summed E-state index contributed by atoms with van der Waals surface area (Å²) in [7, 11) is 1.47. The summed E-state index contributed by atoms with van der Waals surface area (Å²) in [6.07, 6.45) is 1.23. The summed E-state index contributed by atoms with van der Waals surface area (Å²) in [5.74, 6) is -1.07. The lowest BCUT2D eigenvalue weighted by molar-refractivity contribution is -0.159. The minimum absolute atomic E-state index is 0.00487. The second kappa shape index (κ2) is 7.69. The molecule has 0 saturated heterocycles. The van der Waals surface area contributed by atoms with E-state index in [0.717, 1.165) is 10.8 Å². The smallest absolute Gasteiger partial charge is 0.322 e. The van der Waals surface area contributed by atoms with Crippen molar-refractivity contribution in [3.63, 3.8) is 0 Å². The van der Waals surface area contributed by atoms with Crippen LogP contribution in [0.5, 0.6) is 0 Å². The Morgan fingerprint density at radius 1 is 1.52 bits per heavy atom. The molecule has 2 aromatic heterocycles. The molecule has 2 aliphatic heterocycles. The molecule has 0 bridgehead atoms. The first kappa shape index (κ1) is 19.7. The van der Waals surface area contributed by atoms with Crippen molar-refractivity contribution < 1.29 is 23.9 Å². The second-order valence-corrected chi connectivity index (χ2v) is 7.48. The largest absolute Gasteiger partial charge is 0.393 e. The van der Waals surface area contributed by atoms with Gasteiger partial charge in [0.2, 0.25) is 0 Å². The molecule has 0 fully saturated rings. The number of amides is 3. The number of fused-ring (bicyclic) bond motifs is 3. The number of nitrogens with zero attached hydrogens (tertiary/aromatic N) is 5. The number of hydrogen-bond donors (Lipinski definition) is 2. The van der Waals surface area contributed by atoms with Gasteiger partial charge in [0.25, 0.3) is 5.91 Å². The summed E-state index contributed by atoms with van der Waals surface area (Å²) in [5, 5.41) is 17.5. The van der Waals surface area contributed by atoms with Gasteiger partial charge in [-0.25, -0.2) is 19.2 Å². The van der Waals surface area contributed by atoms with Crippen LogP contribution >= 0.6 is 15.9 Å². The topological polar surface area (TPSA) is 113 Å². The number of carbonyl (C=O) groups excluding carboxylic acids is 2.